The summed E-state index contributed by atoms with van der Waals surface area (Å²) in [6.45, 7) is 4.14. The molecule has 0 saturated heterocycles. The lowest BCUT2D eigenvalue weighted by atomic mass is 10.0. The third-order valence-corrected chi connectivity index (χ3v) is 4.99. The zero-order valence-electron chi connectivity index (χ0n) is 13.4. The van der Waals surface area contributed by atoms with Crippen LogP contribution in [0.3, 0.4) is 0 Å². The summed E-state index contributed by atoms with van der Waals surface area (Å²) >= 11 is 2.62. The number of anilines is 2. The number of carbonyl (C=O) groups is 2. The summed E-state index contributed by atoms with van der Waals surface area (Å²) in [7, 11) is 0. The highest BCUT2D eigenvalue weighted by atomic mass is 32.2. The van der Waals surface area contributed by atoms with Crippen LogP contribution in [0.1, 0.15) is 25.3 Å². The van der Waals surface area contributed by atoms with E-state index >= 15 is 0 Å². The summed E-state index contributed by atoms with van der Waals surface area (Å²) in [5, 5.41) is 14.3. The van der Waals surface area contributed by atoms with Crippen LogP contribution in [0.15, 0.2) is 28.6 Å². The molecule has 1 aromatic heterocycles. The van der Waals surface area contributed by atoms with Gasteiger partial charge in [-0.05, 0) is 23.6 Å². The van der Waals surface area contributed by atoms with Crippen LogP contribution in [0.25, 0.3) is 0 Å². The molecule has 24 heavy (non-hydrogen) atoms. The second-order valence-electron chi connectivity index (χ2n) is 5.31. The van der Waals surface area contributed by atoms with Gasteiger partial charge in [0.05, 0.1) is 12.3 Å². The first-order valence-corrected chi connectivity index (χ1v) is 9.12. The Bertz CT molecular complexity index is 700. The maximum absolute atomic E-state index is 11.5. The third kappa shape index (κ3) is 5.82. The van der Waals surface area contributed by atoms with Crippen LogP contribution in [0.4, 0.5) is 10.8 Å². The molecule has 0 saturated carbocycles. The Labute approximate surface area is 148 Å². The fourth-order valence-corrected chi connectivity index (χ4v) is 3.36. The maximum Gasteiger partial charge on any atom is 0.236 e. The van der Waals surface area contributed by atoms with E-state index in [1.807, 2.05) is 12.1 Å². The van der Waals surface area contributed by atoms with Gasteiger partial charge in [0.2, 0.25) is 16.9 Å². The van der Waals surface area contributed by atoms with E-state index in [2.05, 4.69) is 46.8 Å². The molecule has 0 atom stereocenters. The van der Waals surface area contributed by atoms with Crippen molar-refractivity contribution in [3.8, 4) is 0 Å². The molecule has 0 aliphatic heterocycles. The number of hydrogen-bond donors (Lipinski definition) is 3. The maximum atomic E-state index is 11.5. The molecule has 1 aromatic carbocycles. The molecule has 2 rings (SSSR count). The highest BCUT2D eigenvalue weighted by Gasteiger charge is 2.09. The van der Waals surface area contributed by atoms with Crippen molar-refractivity contribution < 1.29 is 9.59 Å². The van der Waals surface area contributed by atoms with Gasteiger partial charge < -0.3 is 16.4 Å². The van der Waals surface area contributed by atoms with E-state index in [4.69, 9.17) is 5.73 Å². The van der Waals surface area contributed by atoms with Gasteiger partial charge in [-0.15, -0.1) is 10.2 Å². The first kappa shape index (κ1) is 18.2. The number of benzene rings is 1. The van der Waals surface area contributed by atoms with Crippen LogP contribution in [0.5, 0.6) is 0 Å². The van der Waals surface area contributed by atoms with Crippen LogP contribution in [0.2, 0.25) is 0 Å². The summed E-state index contributed by atoms with van der Waals surface area (Å²) in [4.78, 5) is 22.1. The van der Waals surface area contributed by atoms with Crippen LogP contribution in [0, 0.1) is 0 Å². The van der Waals surface area contributed by atoms with Crippen molar-refractivity contribution in [3.63, 3.8) is 0 Å². The summed E-state index contributed by atoms with van der Waals surface area (Å²) < 4.78 is 0.672. The lowest BCUT2D eigenvalue weighted by Gasteiger charge is -2.06. The molecule has 0 spiro atoms. The minimum Gasteiger partial charge on any atom is -0.368 e. The SMILES string of the molecule is CC(C)c1ccc(Nc2nnc(SCC(=O)NCC(N)=O)s2)cc1. The van der Waals surface area contributed by atoms with Crippen LogP contribution in [-0.2, 0) is 9.59 Å². The number of nitrogens with two attached hydrogens (primary N) is 1. The molecule has 4 N–H and O–H groups in total. The van der Waals surface area contributed by atoms with Crippen molar-refractivity contribution >= 4 is 45.7 Å². The minimum atomic E-state index is -0.570. The predicted molar refractivity (Wildman–Crippen MR) is 96.7 cm³/mol. The Morgan fingerprint density at radius 2 is 1.96 bits per heavy atom. The Balaban J connectivity index is 1.84. The fourth-order valence-electron chi connectivity index (χ4n) is 1.76. The van der Waals surface area contributed by atoms with Gasteiger partial charge in [-0.25, -0.2) is 0 Å². The van der Waals surface area contributed by atoms with Gasteiger partial charge in [0.15, 0.2) is 4.34 Å². The zero-order valence-corrected chi connectivity index (χ0v) is 15.0. The lowest BCUT2D eigenvalue weighted by Crippen LogP contribution is -2.34. The standard InChI is InChI=1S/C15H19N5O2S2/c1-9(2)10-3-5-11(6-4-10)18-14-19-20-15(24-14)23-8-13(22)17-7-12(16)21/h3-6,9H,7-8H2,1-2H3,(H2,16,21)(H,17,22)(H,18,19). The predicted octanol–water partition coefficient (Wildman–Crippen LogP) is 2.10. The average molecular weight is 365 g/mol. The van der Waals surface area contributed by atoms with E-state index in [1.165, 1.54) is 28.7 Å². The highest BCUT2D eigenvalue weighted by molar-refractivity contribution is 8.01. The molecule has 2 amide bonds. The third-order valence-electron chi connectivity index (χ3n) is 3.02. The summed E-state index contributed by atoms with van der Waals surface area (Å²) in [6.07, 6.45) is 0. The van der Waals surface area contributed by atoms with E-state index in [9.17, 15) is 9.59 Å². The van der Waals surface area contributed by atoms with E-state index < -0.39 is 5.91 Å². The normalized spacial score (nSPS) is 10.6. The Morgan fingerprint density at radius 3 is 2.58 bits per heavy atom. The Kier molecular flexibility index (Phi) is 6.56. The number of nitrogens with zero attached hydrogens (tertiary/aromatic N) is 2. The quantitative estimate of drug-likeness (QED) is 0.618. The van der Waals surface area contributed by atoms with Gasteiger partial charge in [0, 0.05) is 5.69 Å². The monoisotopic (exact) mass is 365 g/mol. The van der Waals surface area contributed by atoms with Crippen LogP contribution in [-0.4, -0.2) is 34.3 Å². The lowest BCUT2D eigenvalue weighted by molar-refractivity contribution is -0.123. The van der Waals surface area contributed by atoms with Gasteiger partial charge in [0.1, 0.15) is 0 Å². The van der Waals surface area contributed by atoms with E-state index in [0.717, 1.165) is 5.69 Å². The fraction of sp³-hybridized carbons (Fsp3) is 0.333. The molecular weight excluding hydrogens is 346 g/mol. The summed E-state index contributed by atoms with van der Waals surface area (Å²) in [5.41, 5.74) is 7.17. The molecule has 7 nitrogen and oxygen atoms in total. The molecule has 0 unspecified atom stereocenters. The number of aromatic nitrogens is 2. The molecule has 9 heteroatoms. The molecule has 0 fully saturated rings. The molecule has 0 bridgehead atoms. The smallest absolute Gasteiger partial charge is 0.236 e. The number of rotatable bonds is 8. The highest BCUT2D eigenvalue weighted by Crippen LogP contribution is 2.28. The van der Waals surface area contributed by atoms with Gasteiger partial charge >= 0.3 is 0 Å². The number of hydrogen-bond acceptors (Lipinski definition) is 7. The average Bonchev–Trinajstić information content (AvgIpc) is 2.99. The first-order chi connectivity index (χ1) is 11.4. The molecule has 0 aliphatic rings. The zero-order chi connectivity index (χ0) is 17.5. The largest absolute Gasteiger partial charge is 0.368 e. The van der Waals surface area contributed by atoms with Crippen molar-refractivity contribution in [1.29, 1.82) is 0 Å². The van der Waals surface area contributed by atoms with Gasteiger partial charge in [-0.1, -0.05) is 49.1 Å². The minimum absolute atomic E-state index is 0.158. The second kappa shape index (κ2) is 8.65. The summed E-state index contributed by atoms with van der Waals surface area (Å²) in [5.74, 6) is -0.193. The van der Waals surface area contributed by atoms with Crippen molar-refractivity contribution in [1.82, 2.24) is 15.5 Å². The van der Waals surface area contributed by atoms with Crippen molar-refractivity contribution in [3.05, 3.63) is 29.8 Å². The van der Waals surface area contributed by atoms with Gasteiger partial charge in [0.25, 0.3) is 0 Å². The number of amides is 2. The second-order valence-corrected chi connectivity index (χ2v) is 7.51. The summed E-state index contributed by atoms with van der Waals surface area (Å²) in [6, 6.07) is 8.15. The van der Waals surface area contributed by atoms with Crippen molar-refractivity contribution in [2.45, 2.75) is 24.1 Å². The number of carbonyl (C=O) groups excluding carboxylic acids is 2. The molecule has 0 aliphatic carbocycles. The Morgan fingerprint density at radius 1 is 1.25 bits per heavy atom. The van der Waals surface area contributed by atoms with E-state index in [-0.39, 0.29) is 18.2 Å². The number of primary amides is 1. The molecule has 2 aromatic rings. The van der Waals surface area contributed by atoms with Crippen molar-refractivity contribution in [2.75, 3.05) is 17.6 Å². The molecule has 1 heterocycles. The Hall–Kier alpha value is -2.13. The van der Waals surface area contributed by atoms with E-state index in [1.54, 1.807) is 0 Å². The van der Waals surface area contributed by atoms with Gasteiger partial charge in [-0.3, -0.25) is 9.59 Å². The number of nitrogens with one attached hydrogen (secondary N) is 2. The van der Waals surface area contributed by atoms with Crippen LogP contribution >= 0.6 is 23.1 Å². The van der Waals surface area contributed by atoms with Gasteiger partial charge in [-0.2, -0.15) is 0 Å². The molecular formula is C15H19N5O2S2. The van der Waals surface area contributed by atoms with E-state index in [0.29, 0.717) is 15.4 Å². The molecule has 0 radical (unpaired) electrons. The van der Waals surface area contributed by atoms with Crippen LogP contribution < -0.4 is 16.4 Å². The molecule has 128 valence electrons. The first-order valence-electron chi connectivity index (χ1n) is 7.32. The topological polar surface area (TPSA) is 110 Å². The number of thioether (sulfide) groups is 1. The van der Waals surface area contributed by atoms with Crippen molar-refractivity contribution in [2.24, 2.45) is 5.73 Å².